The molecule has 0 aliphatic carbocycles. The summed E-state index contributed by atoms with van der Waals surface area (Å²) in [5, 5.41) is 3.08. The molecule has 16 heavy (non-hydrogen) atoms. The number of aryl methyl sites for hydroxylation is 1. The molecule has 0 spiro atoms. The highest BCUT2D eigenvalue weighted by Gasteiger charge is 1.94. The maximum atomic E-state index is 5.76. The first-order valence-electron chi connectivity index (χ1n) is 5.92. The molecular formula is C13H21N3. The molecule has 1 rings (SSSR count). The maximum absolute atomic E-state index is 5.76. The fraction of sp³-hybridized carbons (Fsp3) is 0.462. The van der Waals surface area contributed by atoms with Crippen LogP contribution in [-0.2, 0) is 6.42 Å². The van der Waals surface area contributed by atoms with Crippen LogP contribution in [0.3, 0.4) is 0 Å². The molecule has 0 bridgehead atoms. The van der Waals surface area contributed by atoms with Crippen LogP contribution in [0.5, 0.6) is 0 Å². The lowest BCUT2D eigenvalue weighted by Crippen LogP contribution is -2.22. The second-order valence-corrected chi connectivity index (χ2v) is 3.80. The lowest BCUT2D eigenvalue weighted by molar-refractivity contribution is 0.807. The molecule has 1 aromatic carbocycles. The van der Waals surface area contributed by atoms with Crippen molar-refractivity contribution in [2.75, 3.05) is 11.9 Å². The summed E-state index contributed by atoms with van der Waals surface area (Å²) in [7, 11) is 0. The molecule has 3 N–H and O–H groups in total. The SMILES string of the molecule is CCCCN=C(N)Nc1ccc(CC)cc1. The lowest BCUT2D eigenvalue weighted by atomic mass is 10.1. The third-order valence-corrected chi connectivity index (χ3v) is 2.43. The zero-order chi connectivity index (χ0) is 11.8. The average molecular weight is 219 g/mol. The molecule has 0 unspecified atom stereocenters. The molecule has 0 radical (unpaired) electrons. The second kappa shape index (κ2) is 6.88. The molecule has 0 atom stereocenters. The summed E-state index contributed by atoms with van der Waals surface area (Å²) in [4.78, 5) is 4.24. The molecule has 1 aromatic rings. The predicted molar refractivity (Wildman–Crippen MR) is 70.8 cm³/mol. The van der Waals surface area contributed by atoms with Crippen molar-refractivity contribution in [1.29, 1.82) is 0 Å². The quantitative estimate of drug-likeness (QED) is 0.454. The second-order valence-electron chi connectivity index (χ2n) is 3.80. The average Bonchev–Trinajstić information content (AvgIpc) is 2.30. The molecule has 3 heteroatoms. The van der Waals surface area contributed by atoms with E-state index in [9.17, 15) is 0 Å². The number of aliphatic imine (C=N–C) groups is 1. The Balaban J connectivity index is 2.49. The standard InChI is InChI=1S/C13H21N3/c1-3-5-10-15-13(14)16-12-8-6-11(4-2)7-9-12/h6-9H,3-5,10H2,1-2H3,(H3,14,15,16). The predicted octanol–water partition coefficient (Wildman–Crippen LogP) is 2.78. The van der Waals surface area contributed by atoms with Gasteiger partial charge in [0.05, 0.1) is 0 Å². The van der Waals surface area contributed by atoms with Gasteiger partial charge in [0.25, 0.3) is 0 Å². The molecule has 0 heterocycles. The summed E-state index contributed by atoms with van der Waals surface area (Å²) < 4.78 is 0. The van der Waals surface area contributed by atoms with Gasteiger partial charge in [0.2, 0.25) is 0 Å². The van der Waals surface area contributed by atoms with E-state index in [4.69, 9.17) is 5.73 Å². The first-order chi connectivity index (χ1) is 7.76. The number of anilines is 1. The van der Waals surface area contributed by atoms with E-state index in [0.717, 1.165) is 31.5 Å². The molecule has 0 saturated carbocycles. The number of nitrogens with one attached hydrogen (secondary N) is 1. The number of hydrogen-bond acceptors (Lipinski definition) is 1. The Labute approximate surface area is 97.8 Å². The number of guanidine groups is 1. The van der Waals surface area contributed by atoms with Crippen LogP contribution < -0.4 is 11.1 Å². The van der Waals surface area contributed by atoms with E-state index in [0.29, 0.717) is 5.96 Å². The van der Waals surface area contributed by atoms with E-state index < -0.39 is 0 Å². The molecule has 0 aliphatic rings. The number of rotatable bonds is 5. The summed E-state index contributed by atoms with van der Waals surface area (Å²) >= 11 is 0. The molecular weight excluding hydrogens is 198 g/mol. The molecule has 0 aromatic heterocycles. The number of benzene rings is 1. The highest BCUT2D eigenvalue weighted by molar-refractivity contribution is 5.92. The number of unbranched alkanes of at least 4 members (excludes halogenated alkanes) is 1. The van der Waals surface area contributed by atoms with Crippen molar-refractivity contribution in [3.05, 3.63) is 29.8 Å². The Morgan fingerprint density at radius 2 is 1.94 bits per heavy atom. The van der Waals surface area contributed by atoms with Crippen molar-refractivity contribution in [2.45, 2.75) is 33.1 Å². The Morgan fingerprint density at radius 1 is 1.25 bits per heavy atom. The van der Waals surface area contributed by atoms with Crippen LogP contribution in [0.25, 0.3) is 0 Å². The normalized spacial score (nSPS) is 11.5. The molecule has 88 valence electrons. The van der Waals surface area contributed by atoms with Crippen LogP contribution in [0.2, 0.25) is 0 Å². The highest BCUT2D eigenvalue weighted by atomic mass is 15.1. The fourth-order valence-corrected chi connectivity index (χ4v) is 1.37. The van der Waals surface area contributed by atoms with Crippen molar-refractivity contribution in [2.24, 2.45) is 10.7 Å². The van der Waals surface area contributed by atoms with Gasteiger partial charge in [-0.25, -0.2) is 0 Å². The van der Waals surface area contributed by atoms with Gasteiger partial charge in [0.15, 0.2) is 5.96 Å². The first kappa shape index (κ1) is 12.6. The minimum Gasteiger partial charge on any atom is -0.370 e. The maximum Gasteiger partial charge on any atom is 0.193 e. The van der Waals surface area contributed by atoms with Gasteiger partial charge in [-0.3, -0.25) is 4.99 Å². The highest BCUT2D eigenvalue weighted by Crippen LogP contribution is 2.09. The van der Waals surface area contributed by atoms with Crippen LogP contribution in [0.1, 0.15) is 32.3 Å². The number of hydrogen-bond donors (Lipinski definition) is 2. The van der Waals surface area contributed by atoms with Gasteiger partial charge in [0, 0.05) is 12.2 Å². The minimum absolute atomic E-state index is 0.498. The summed E-state index contributed by atoms with van der Waals surface area (Å²) in [6.45, 7) is 5.08. The van der Waals surface area contributed by atoms with Gasteiger partial charge in [-0.2, -0.15) is 0 Å². The van der Waals surface area contributed by atoms with Crippen LogP contribution in [-0.4, -0.2) is 12.5 Å². The van der Waals surface area contributed by atoms with Crippen LogP contribution >= 0.6 is 0 Å². The van der Waals surface area contributed by atoms with Gasteiger partial charge in [-0.15, -0.1) is 0 Å². The Hall–Kier alpha value is -1.51. The molecule has 0 saturated heterocycles. The van der Waals surface area contributed by atoms with Crippen LogP contribution in [0.15, 0.2) is 29.3 Å². The van der Waals surface area contributed by atoms with Gasteiger partial charge in [0.1, 0.15) is 0 Å². The van der Waals surface area contributed by atoms with Crippen molar-refractivity contribution in [3.8, 4) is 0 Å². The van der Waals surface area contributed by atoms with E-state index >= 15 is 0 Å². The van der Waals surface area contributed by atoms with Crippen LogP contribution in [0.4, 0.5) is 5.69 Å². The summed E-state index contributed by atoms with van der Waals surface area (Å²) in [5.74, 6) is 0.498. The van der Waals surface area contributed by atoms with Crippen molar-refractivity contribution >= 4 is 11.6 Å². The van der Waals surface area contributed by atoms with Crippen LogP contribution in [0, 0.1) is 0 Å². The van der Waals surface area contributed by atoms with Crippen molar-refractivity contribution in [1.82, 2.24) is 0 Å². The van der Waals surface area contributed by atoms with Gasteiger partial charge >= 0.3 is 0 Å². The summed E-state index contributed by atoms with van der Waals surface area (Å²) in [6, 6.07) is 8.26. The van der Waals surface area contributed by atoms with Crippen molar-refractivity contribution in [3.63, 3.8) is 0 Å². The molecule has 0 aliphatic heterocycles. The third kappa shape index (κ3) is 4.34. The van der Waals surface area contributed by atoms with E-state index in [2.05, 4.69) is 36.3 Å². The van der Waals surface area contributed by atoms with Crippen molar-refractivity contribution < 1.29 is 0 Å². The van der Waals surface area contributed by atoms with Gasteiger partial charge in [-0.05, 0) is 30.5 Å². The minimum atomic E-state index is 0.498. The first-order valence-corrected chi connectivity index (χ1v) is 5.92. The zero-order valence-electron chi connectivity index (χ0n) is 10.2. The monoisotopic (exact) mass is 219 g/mol. The lowest BCUT2D eigenvalue weighted by Gasteiger charge is -2.06. The number of nitrogens with zero attached hydrogens (tertiary/aromatic N) is 1. The van der Waals surface area contributed by atoms with Gasteiger partial charge < -0.3 is 11.1 Å². The molecule has 3 nitrogen and oxygen atoms in total. The zero-order valence-corrected chi connectivity index (χ0v) is 10.2. The Bertz CT molecular complexity index is 328. The van der Waals surface area contributed by atoms with E-state index in [1.165, 1.54) is 5.56 Å². The molecule has 0 fully saturated rings. The topological polar surface area (TPSA) is 50.4 Å². The largest absolute Gasteiger partial charge is 0.370 e. The van der Waals surface area contributed by atoms with E-state index in [-0.39, 0.29) is 0 Å². The van der Waals surface area contributed by atoms with Gasteiger partial charge in [-0.1, -0.05) is 32.4 Å². The van der Waals surface area contributed by atoms with E-state index in [1.54, 1.807) is 0 Å². The Kier molecular flexibility index (Phi) is 5.40. The summed E-state index contributed by atoms with van der Waals surface area (Å²) in [5.41, 5.74) is 8.08. The number of nitrogens with two attached hydrogens (primary N) is 1. The summed E-state index contributed by atoms with van der Waals surface area (Å²) in [6.07, 6.45) is 3.28. The molecule has 0 amide bonds. The Morgan fingerprint density at radius 3 is 2.50 bits per heavy atom. The third-order valence-electron chi connectivity index (χ3n) is 2.43. The smallest absolute Gasteiger partial charge is 0.193 e. The fourth-order valence-electron chi connectivity index (χ4n) is 1.37. The van der Waals surface area contributed by atoms with E-state index in [1.807, 2.05) is 12.1 Å².